The van der Waals surface area contributed by atoms with Crippen molar-refractivity contribution >= 4 is 44.3 Å². The van der Waals surface area contributed by atoms with Gasteiger partial charge in [0.25, 0.3) is 0 Å². The number of hydrogen-bond donors (Lipinski definition) is 0. The summed E-state index contributed by atoms with van der Waals surface area (Å²) in [5.41, 5.74) is 11.3. The molecular weight excluding hydrogens is 689 g/mol. The second-order valence-corrected chi connectivity index (χ2v) is 15.4. The predicted molar refractivity (Wildman–Crippen MR) is 224 cm³/mol. The average Bonchev–Trinajstić information content (AvgIpc) is 3.73. The molecule has 0 bridgehead atoms. The topological polar surface area (TPSA) is 43.6 Å². The van der Waals surface area contributed by atoms with Crippen molar-refractivity contribution in [2.45, 2.75) is 15.2 Å². The summed E-state index contributed by atoms with van der Waals surface area (Å²) in [5.74, 6) is 1.86. The number of nitrogens with zero attached hydrogens (tertiary/aromatic N) is 4. The Kier molecular flexibility index (Phi) is 6.45. The standard InChI is InChI=1S/C50H30N4S/c1-3-16-32(17-4-1)47-51-48(33-18-5-2-6-19-33)53-49(52-47)54-42-28-27-31-15-7-8-20-34(31)46(42)37-29-36-35-21-9-10-22-38(35)50(41(36)30-43(37)54)39-23-11-13-25-44(39)55-45-26-14-12-24-40(45)50/h1-30H. The third-order valence-corrected chi connectivity index (χ3v) is 12.7. The van der Waals surface area contributed by atoms with Gasteiger partial charge in [-0.05, 0) is 74.5 Å². The van der Waals surface area contributed by atoms with Crippen LogP contribution in [0, 0.1) is 0 Å². The number of aromatic nitrogens is 4. The summed E-state index contributed by atoms with van der Waals surface area (Å²) in [4.78, 5) is 18.2. The minimum absolute atomic E-state index is 0.509. The first-order valence-corrected chi connectivity index (χ1v) is 19.4. The predicted octanol–water partition coefficient (Wildman–Crippen LogP) is 12.3. The molecule has 1 spiro atoms. The van der Waals surface area contributed by atoms with Crippen molar-refractivity contribution in [3.63, 3.8) is 0 Å². The summed E-state index contributed by atoms with van der Waals surface area (Å²) in [6.07, 6.45) is 0. The molecule has 2 aliphatic rings. The highest BCUT2D eigenvalue weighted by atomic mass is 32.2. The Balaban J connectivity index is 1.26. The van der Waals surface area contributed by atoms with Crippen LogP contribution in [0.1, 0.15) is 22.3 Å². The Hall–Kier alpha value is -6.82. The van der Waals surface area contributed by atoms with Crippen molar-refractivity contribution in [1.29, 1.82) is 0 Å². The first kappa shape index (κ1) is 30.6. The van der Waals surface area contributed by atoms with E-state index in [2.05, 4.69) is 150 Å². The Morgan fingerprint density at radius 1 is 0.418 bits per heavy atom. The number of fused-ring (bicyclic) bond motifs is 14. The highest BCUT2D eigenvalue weighted by Gasteiger charge is 2.50. The van der Waals surface area contributed by atoms with Crippen molar-refractivity contribution in [3.8, 4) is 39.9 Å². The van der Waals surface area contributed by atoms with Gasteiger partial charge in [-0.15, -0.1) is 0 Å². The molecule has 1 aliphatic heterocycles. The molecular formula is C50H30N4S. The van der Waals surface area contributed by atoms with Crippen molar-refractivity contribution in [2.24, 2.45) is 0 Å². The van der Waals surface area contributed by atoms with E-state index in [9.17, 15) is 0 Å². The number of rotatable bonds is 3. The van der Waals surface area contributed by atoms with Crippen LogP contribution in [0.2, 0.25) is 0 Å². The van der Waals surface area contributed by atoms with Gasteiger partial charge >= 0.3 is 0 Å². The maximum Gasteiger partial charge on any atom is 0.238 e. The second kappa shape index (κ2) is 11.6. The van der Waals surface area contributed by atoms with E-state index < -0.39 is 5.41 Å². The Bertz CT molecular complexity index is 3080. The van der Waals surface area contributed by atoms with E-state index in [0.29, 0.717) is 17.6 Å². The molecule has 12 rings (SSSR count). The zero-order valence-electron chi connectivity index (χ0n) is 29.5. The van der Waals surface area contributed by atoms with E-state index in [1.54, 1.807) is 0 Å². The summed E-state index contributed by atoms with van der Waals surface area (Å²) in [7, 11) is 0. The third kappa shape index (κ3) is 4.27. The van der Waals surface area contributed by atoms with Gasteiger partial charge in [-0.2, -0.15) is 9.97 Å². The van der Waals surface area contributed by atoms with E-state index in [4.69, 9.17) is 15.0 Å². The third-order valence-electron chi connectivity index (χ3n) is 11.5. The molecule has 2 aromatic heterocycles. The van der Waals surface area contributed by atoms with Crippen LogP contribution in [0.4, 0.5) is 0 Å². The summed E-state index contributed by atoms with van der Waals surface area (Å²) < 4.78 is 2.28. The smallest absolute Gasteiger partial charge is 0.238 e. The van der Waals surface area contributed by atoms with Gasteiger partial charge < -0.3 is 0 Å². The maximum absolute atomic E-state index is 5.30. The number of hydrogen-bond acceptors (Lipinski definition) is 4. The fourth-order valence-corrected chi connectivity index (χ4v) is 10.4. The quantitative estimate of drug-likeness (QED) is 0.182. The second-order valence-electron chi connectivity index (χ2n) is 14.3. The van der Waals surface area contributed by atoms with E-state index >= 15 is 0 Å². The SMILES string of the molecule is c1ccc(-c2nc(-c3ccccc3)nc(-n3c4cc5c(cc4c4c6ccccc6ccc43)-c3ccccc3C53c4ccccc4Sc4ccccc43)n2)cc1. The highest BCUT2D eigenvalue weighted by molar-refractivity contribution is 7.99. The van der Waals surface area contributed by atoms with Crippen LogP contribution in [0.15, 0.2) is 192 Å². The summed E-state index contributed by atoms with van der Waals surface area (Å²) in [5, 5.41) is 4.77. The highest BCUT2D eigenvalue weighted by Crippen LogP contribution is 2.62. The van der Waals surface area contributed by atoms with E-state index in [1.165, 1.54) is 64.7 Å². The normalized spacial score (nSPS) is 13.5. The van der Waals surface area contributed by atoms with Gasteiger partial charge in [0.2, 0.25) is 5.95 Å². The molecule has 256 valence electrons. The lowest BCUT2D eigenvalue weighted by Crippen LogP contribution is -2.31. The molecule has 8 aromatic carbocycles. The molecule has 10 aromatic rings. The van der Waals surface area contributed by atoms with Crippen molar-refractivity contribution < 1.29 is 0 Å². The van der Waals surface area contributed by atoms with E-state index in [-0.39, 0.29) is 0 Å². The molecule has 0 N–H and O–H groups in total. The first-order chi connectivity index (χ1) is 27.3. The zero-order valence-corrected chi connectivity index (χ0v) is 30.3. The van der Waals surface area contributed by atoms with Crippen LogP contribution < -0.4 is 0 Å². The molecule has 0 amide bonds. The zero-order chi connectivity index (χ0) is 36.1. The summed E-state index contributed by atoms with van der Waals surface area (Å²) in [6.45, 7) is 0. The van der Waals surface area contributed by atoms with Gasteiger partial charge in [-0.1, -0.05) is 163 Å². The van der Waals surface area contributed by atoms with Gasteiger partial charge in [-0.25, -0.2) is 4.98 Å². The van der Waals surface area contributed by atoms with Crippen LogP contribution in [0.5, 0.6) is 0 Å². The first-order valence-electron chi connectivity index (χ1n) is 18.6. The molecule has 0 fully saturated rings. The molecule has 55 heavy (non-hydrogen) atoms. The minimum atomic E-state index is -0.509. The van der Waals surface area contributed by atoms with E-state index in [0.717, 1.165) is 22.2 Å². The van der Waals surface area contributed by atoms with Crippen LogP contribution in [-0.2, 0) is 5.41 Å². The lowest BCUT2D eigenvalue weighted by atomic mass is 9.67. The van der Waals surface area contributed by atoms with Crippen molar-refractivity contribution in [3.05, 3.63) is 204 Å². The largest absolute Gasteiger partial charge is 0.278 e. The van der Waals surface area contributed by atoms with E-state index in [1.807, 2.05) is 48.2 Å². The van der Waals surface area contributed by atoms with Crippen molar-refractivity contribution in [1.82, 2.24) is 19.5 Å². The van der Waals surface area contributed by atoms with Crippen molar-refractivity contribution in [2.75, 3.05) is 0 Å². The van der Waals surface area contributed by atoms with Crippen LogP contribution in [0.3, 0.4) is 0 Å². The van der Waals surface area contributed by atoms with Crippen LogP contribution in [-0.4, -0.2) is 19.5 Å². The fraction of sp³-hybridized carbons (Fsp3) is 0.0200. The Morgan fingerprint density at radius 3 is 1.69 bits per heavy atom. The Labute approximate surface area is 321 Å². The lowest BCUT2D eigenvalue weighted by molar-refractivity contribution is 0.723. The fourth-order valence-electron chi connectivity index (χ4n) is 9.24. The molecule has 0 unspecified atom stereocenters. The maximum atomic E-state index is 5.30. The van der Waals surface area contributed by atoms with Gasteiger partial charge in [-0.3, -0.25) is 4.57 Å². The molecule has 0 saturated carbocycles. The van der Waals surface area contributed by atoms with Gasteiger partial charge in [0, 0.05) is 31.7 Å². The molecule has 5 heteroatoms. The molecule has 3 heterocycles. The Morgan fingerprint density at radius 2 is 1.00 bits per heavy atom. The number of benzene rings is 8. The molecule has 4 nitrogen and oxygen atoms in total. The van der Waals surface area contributed by atoms with Gasteiger partial charge in [0.1, 0.15) is 0 Å². The molecule has 0 saturated heterocycles. The molecule has 0 atom stereocenters. The molecule has 0 radical (unpaired) electrons. The average molecular weight is 719 g/mol. The lowest BCUT2D eigenvalue weighted by Gasteiger charge is -2.39. The minimum Gasteiger partial charge on any atom is -0.278 e. The van der Waals surface area contributed by atoms with Crippen LogP contribution in [0.25, 0.3) is 72.4 Å². The summed E-state index contributed by atoms with van der Waals surface area (Å²) in [6, 6.07) is 65.5. The monoisotopic (exact) mass is 718 g/mol. The van der Waals surface area contributed by atoms with Crippen LogP contribution >= 0.6 is 11.8 Å². The van der Waals surface area contributed by atoms with Gasteiger partial charge in [0.05, 0.1) is 16.4 Å². The summed E-state index contributed by atoms with van der Waals surface area (Å²) >= 11 is 1.87. The van der Waals surface area contributed by atoms with Gasteiger partial charge in [0.15, 0.2) is 11.6 Å². The molecule has 1 aliphatic carbocycles.